The van der Waals surface area contributed by atoms with E-state index in [1.807, 2.05) is 6.92 Å². The number of nitrogens with zero attached hydrogens (tertiary/aromatic N) is 2. The molecule has 0 saturated carbocycles. The smallest absolute Gasteiger partial charge is 0.243 e. The Morgan fingerprint density at radius 1 is 1.67 bits per heavy atom. The summed E-state index contributed by atoms with van der Waals surface area (Å²) in [5, 5.41) is 16.3. The molecule has 2 N–H and O–H groups in total. The van der Waals surface area contributed by atoms with Crippen molar-refractivity contribution in [2.75, 3.05) is 13.7 Å². The number of hydrogen-bond acceptors (Lipinski definition) is 6. The molecular formula is C9H15N3O3. The highest BCUT2D eigenvalue weighted by molar-refractivity contribution is 4.98. The number of hydrogen-bond donors (Lipinski definition) is 2. The normalized spacial score (nSPS) is 28.2. The van der Waals surface area contributed by atoms with Crippen molar-refractivity contribution >= 4 is 0 Å². The van der Waals surface area contributed by atoms with Crippen LogP contribution in [-0.4, -0.2) is 35.0 Å². The zero-order chi connectivity index (χ0) is 10.8. The van der Waals surface area contributed by atoms with E-state index in [0.29, 0.717) is 24.7 Å². The SMILES string of the molecule is COC(C)c1noc([C@H]2C[C@@H](O)CN2)n1. The van der Waals surface area contributed by atoms with Gasteiger partial charge in [-0.05, 0) is 13.3 Å². The summed E-state index contributed by atoms with van der Waals surface area (Å²) >= 11 is 0. The standard InChI is InChI=1S/C9H15N3O3/c1-5(14-2)8-11-9(15-12-8)7-3-6(13)4-10-7/h5-7,10,13H,3-4H2,1-2H3/t5?,6-,7-/m1/s1. The number of ether oxygens (including phenoxy) is 1. The molecule has 1 aromatic rings. The van der Waals surface area contributed by atoms with E-state index in [9.17, 15) is 5.11 Å². The molecule has 0 radical (unpaired) electrons. The quantitative estimate of drug-likeness (QED) is 0.745. The molecule has 1 aromatic heterocycles. The van der Waals surface area contributed by atoms with Crippen LogP contribution in [-0.2, 0) is 4.74 Å². The van der Waals surface area contributed by atoms with E-state index in [0.717, 1.165) is 0 Å². The molecule has 0 aliphatic carbocycles. The number of aliphatic hydroxyl groups excluding tert-OH is 1. The van der Waals surface area contributed by atoms with Crippen LogP contribution in [0, 0.1) is 0 Å². The molecular weight excluding hydrogens is 198 g/mol. The highest BCUT2D eigenvalue weighted by Crippen LogP contribution is 2.23. The average Bonchev–Trinajstić information content (AvgIpc) is 2.84. The Morgan fingerprint density at radius 2 is 2.47 bits per heavy atom. The van der Waals surface area contributed by atoms with Gasteiger partial charge in [0.15, 0.2) is 5.82 Å². The van der Waals surface area contributed by atoms with E-state index in [4.69, 9.17) is 9.26 Å². The van der Waals surface area contributed by atoms with Crippen molar-refractivity contribution in [3.05, 3.63) is 11.7 Å². The van der Waals surface area contributed by atoms with E-state index in [2.05, 4.69) is 15.5 Å². The number of β-amino-alcohol motifs (C(OH)–C–C–N with tert-alkyl or cyclic N) is 1. The Morgan fingerprint density at radius 3 is 3.07 bits per heavy atom. The lowest BCUT2D eigenvalue weighted by molar-refractivity contribution is 0.109. The van der Waals surface area contributed by atoms with Crippen molar-refractivity contribution in [2.24, 2.45) is 0 Å². The van der Waals surface area contributed by atoms with Gasteiger partial charge in [0.25, 0.3) is 0 Å². The fourth-order valence-corrected chi connectivity index (χ4v) is 1.56. The molecule has 2 rings (SSSR count). The van der Waals surface area contributed by atoms with E-state index in [1.54, 1.807) is 7.11 Å². The second kappa shape index (κ2) is 4.26. The molecule has 1 unspecified atom stereocenters. The monoisotopic (exact) mass is 213 g/mol. The van der Waals surface area contributed by atoms with Gasteiger partial charge in [-0.1, -0.05) is 5.16 Å². The fourth-order valence-electron chi connectivity index (χ4n) is 1.56. The minimum atomic E-state index is -0.329. The number of aliphatic hydroxyl groups is 1. The van der Waals surface area contributed by atoms with Crippen LogP contribution in [0.25, 0.3) is 0 Å². The summed E-state index contributed by atoms with van der Waals surface area (Å²) in [6.45, 7) is 2.42. The van der Waals surface area contributed by atoms with Gasteiger partial charge in [0.2, 0.25) is 5.89 Å². The molecule has 1 saturated heterocycles. The van der Waals surface area contributed by atoms with Crippen molar-refractivity contribution in [2.45, 2.75) is 31.6 Å². The molecule has 0 amide bonds. The van der Waals surface area contributed by atoms with E-state index in [-0.39, 0.29) is 18.2 Å². The third-order valence-electron chi connectivity index (χ3n) is 2.58. The van der Waals surface area contributed by atoms with Crippen LogP contribution in [0.1, 0.15) is 37.2 Å². The average molecular weight is 213 g/mol. The maximum Gasteiger partial charge on any atom is 0.243 e. The lowest BCUT2D eigenvalue weighted by Gasteiger charge is -2.03. The van der Waals surface area contributed by atoms with Crippen molar-refractivity contribution < 1.29 is 14.4 Å². The largest absolute Gasteiger partial charge is 0.392 e. The Kier molecular flexibility index (Phi) is 2.99. The predicted octanol–water partition coefficient (Wildman–Crippen LogP) is 0.172. The zero-order valence-electron chi connectivity index (χ0n) is 8.80. The van der Waals surface area contributed by atoms with E-state index >= 15 is 0 Å². The third-order valence-corrected chi connectivity index (χ3v) is 2.58. The molecule has 0 aromatic carbocycles. The maximum atomic E-state index is 9.35. The number of nitrogens with one attached hydrogen (secondary N) is 1. The van der Waals surface area contributed by atoms with Gasteiger partial charge in [0.1, 0.15) is 6.10 Å². The second-order valence-electron chi connectivity index (χ2n) is 3.72. The summed E-state index contributed by atoms with van der Waals surface area (Å²) in [4.78, 5) is 4.22. The summed E-state index contributed by atoms with van der Waals surface area (Å²) in [6.07, 6.45) is 0.113. The molecule has 3 atom stereocenters. The minimum absolute atomic E-state index is 0.0368. The summed E-state index contributed by atoms with van der Waals surface area (Å²) < 4.78 is 10.2. The summed E-state index contributed by atoms with van der Waals surface area (Å²) in [5.41, 5.74) is 0. The van der Waals surface area contributed by atoms with Gasteiger partial charge in [0, 0.05) is 13.7 Å². The number of rotatable bonds is 3. The Labute approximate surface area is 87.6 Å². The van der Waals surface area contributed by atoms with Gasteiger partial charge in [-0.2, -0.15) is 4.98 Å². The van der Waals surface area contributed by atoms with Crippen molar-refractivity contribution in [3.8, 4) is 0 Å². The molecule has 1 aliphatic heterocycles. The Hall–Kier alpha value is -0.980. The first-order chi connectivity index (χ1) is 7.20. The summed E-state index contributed by atoms with van der Waals surface area (Å²) in [6, 6.07) is -0.0368. The van der Waals surface area contributed by atoms with E-state index < -0.39 is 0 Å². The zero-order valence-corrected chi connectivity index (χ0v) is 8.80. The Balaban J connectivity index is 2.07. The highest BCUT2D eigenvalue weighted by atomic mass is 16.5. The Bertz CT molecular complexity index is 328. The van der Waals surface area contributed by atoms with Gasteiger partial charge < -0.3 is 19.7 Å². The van der Waals surface area contributed by atoms with Crippen LogP contribution in [0.3, 0.4) is 0 Å². The van der Waals surface area contributed by atoms with Crippen LogP contribution < -0.4 is 5.32 Å². The topological polar surface area (TPSA) is 80.4 Å². The molecule has 1 aliphatic rings. The molecule has 6 nitrogen and oxygen atoms in total. The van der Waals surface area contributed by atoms with Crippen LogP contribution in [0.5, 0.6) is 0 Å². The molecule has 0 bridgehead atoms. The fraction of sp³-hybridized carbons (Fsp3) is 0.778. The van der Waals surface area contributed by atoms with Crippen LogP contribution in [0.4, 0.5) is 0 Å². The maximum absolute atomic E-state index is 9.35. The van der Waals surface area contributed by atoms with Crippen molar-refractivity contribution in [1.29, 1.82) is 0 Å². The molecule has 6 heteroatoms. The molecule has 1 fully saturated rings. The van der Waals surface area contributed by atoms with Gasteiger partial charge in [-0.3, -0.25) is 0 Å². The van der Waals surface area contributed by atoms with Crippen LogP contribution in [0.2, 0.25) is 0 Å². The second-order valence-corrected chi connectivity index (χ2v) is 3.72. The molecule has 84 valence electrons. The van der Waals surface area contributed by atoms with Crippen molar-refractivity contribution in [3.63, 3.8) is 0 Å². The number of methoxy groups -OCH3 is 1. The lowest BCUT2D eigenvalue weighted by Crippen LogP contribution is -2.15. The first-order valence-electron chi connectivity index (χ1n) is 4.98. The third kappa shape index (κ3) is 2.17. The van der Waals surface area contributed by atoms with Crippen LogP contribution >= 0.6 is 0 Å². The van der Waals surface area contributed by atoms with Gasteiger partial charge in [0.05, 0.1) is 12.1 Å². The number of aromatic nitrogens is 2. The summed E-state index contributed by atoms with van der Waals surface area (Å²) in [7, 11) is 1.60. The molecule has 2 heterocycles. The first-order valence-corrected chi connectivity index (χ1v) is 4.98. The van der Waals surface area contributed by atoms with Gasteiger partial charge in [-0.25, -0.2) is 0 Å². The highest BCUT2D eigenvalue weighted by Gasteiger charge is 2.28. The first kappa shape index (κ1) is 10.5. The van der Waals surface area contributed by atoms with Crippen LogP contribution in [0.15, 0.2) is 4.52 Å². The van der Waals surface area contributed by atoms with E-state index in [1.165, 1.54) is 0 Å². The van der Waals surface area contributed by atoms with Gasteiger partial charge in [-0.15, -0.1) is 0 Å². The summed E-state index contributed by atoms with van der Waals surface area (Å²) in [5.74, 6) is 1.06. The molecule has 15 heavy (non-hydrogen) atoms. The van der Waals surface area contributed by atoms with Crippen molar-refractivity contribution in [1.82, 2.24) is 15.5 Å². The van der Waals surface area contributed by atoms with Gasteiger partial charge >= 0.3 is 0 Å². The predicted molar refractivity (Wildman–Crippen MR) is 51.1 cm³/mol. The minimum Gasteiger partial charge on any atom is -0.392 e. The lowest BCUT2D eigenvalue weighted by atomic mass is 10.2. The molecule has 0 spiro atoms.